The van der Waals surface area contributed by atoms with Gasteiger partial charge in [-0.1, -0.05) is 31.0 Å². The summed E-state index contributed by atoms with van der Waals surface area (Å²) in [5, 5.41) is 3.20. The van der Waals surface area contributed by atoms with Crippen LogP contribution in [0, 0.1) is 6.92 Å². The summed E-state index contributed by atoms with van der Waals surface area (Å²) in [6.07, 6.45) is 4.10. The molecule has 0 atom stereocenters. The van der Waals surface area contributed by atoms with Crippen LogP contribution in [-0.4, -0.2) is 39.4 Å². The minimum atomic E-state index is -0.0767. The summed E-state index contributed by atoms with van der Waals surface area (Å²) in [6.45, 7) is 7.29. The van der Waals surface area contributed by atoms with E-state index >= 15 is 0 Å². The summed E-state index contributed by atoms with van der Waals surface area (Å²) < 4.78 is 11.2. The Hall–Kier alpha value is -1.02. The molecule has 1 heterocycles. The summed E-state index contributed by atoms with van der Waals surface area (Å²) in [4.78, 5) is 4.65. The van der Waals surface area contributed by atoms with Crippen LogP contribution in [0.25, 0.3) is 0 Å². The van der Waals surface area contributed by atoms with Crippen molar-refractivity contribution in [2.24, 2.45) is 10.7 Å². The molecule has 2 rings (SSSR count). The number of benzene rings is 1. The zero-order valence-electron chi connectivity index (χ0n) is 15.6. The molecule has 0 aromatic heterocycles. The number of ether oxygens (including phenoxy) is 2. The van der Waals surface area contributed by atoms with Crippen LogP contribution in [0.3, 0.4) is 0 Å². The third-order valence-corrected chi connectivity index (χ3v) is 4.76. The lowest BCUT2D eigenvalue weighted by molar-refractivity contribution is 0.0522. The van der Waals surface area contributed by atoms with Gasteiger partial charge in [-0.15, -0.1) is 24.0 Å². The first-order valence-corrected chi connectivity index (χ1v) is 8.88. The van der Waals surface area contributed by atoms with Gasteiger partial charge in [-0.2, -0.15) is 0 Å². The fourth-order valence-electron chi connectivity index (χ4n) is 3.20. The summed E-state index contributed by atoms with van der Waals surface area (Å²) in [5.41, 5.74) is 8.42. The van der Waals surface area contributed by atoms with Crippen molar-refractivity contribution >= 4 is 29.9 Å². The smallest absolute Gasteiger partial charge is 0.188 e. The lowest BCUT2D eigenvalue weighted by Gasteiger charge is -2.37. The lowest BCUT2D eigenvalue weighted by Crippen LogP contribution is -2.39. The molecular formula is C19H32IN3O2. The molecule has 5 nitrogen and oxygen atoms in total. The maximum Gasteiger partial charge on any atom is 0.188 e. The molecule has 0 spiro atoms. The largest absolute Gasteiger partial charge is 0.496 e. The topological polar surface area (TPSA) is 68.9 Å². The highest BCUT2D eigenvalue weighted by atomic mass is 127. The molecule has 1 aliphatic heterocycles. The predicted molar refractivity (Wildman–Crippen MR) is 114 cm³/mol. The number of methoxy groups -OCH3 is 1. The van der Waals surface area contributed by atoms with Crippen molar-refractivity contribution in [1.82, 2.24) is 5.32 Å². The number of unbranched alkanes of at least 4 members (excludes halogenated alkanes) is 1. The van der Waals surface area contributed by atoms with Crippen LogP contribution in [0.5, 0.6) is 5.75 Å². The predicted octanol–water partition coefficient (Wildman–Crippen LogP) is 3.37. The van der Waals surface area contributed by atoms with E-state index in [2.05, 4.69) is 42.4 Å². The monoisotopic (exact) mass is 461 g/mol. The molecule has 0 radical (unpaired) electrons. The number of nitrogens with zero attached hydrogens (tertiary/aromatic N) is 1. The quantitative estimate of drug-likeness (QED) is 0.283. The third-order valence-electron chi connectivity index (χ3n) is 4.76. The van der Waals surface area contributed by atoms with E-state index in [1.165, 1.54) is 11.1 Å². The van der Waals surface area contributed by atoms with E-state index in [4.69, 9.17) is 15.2 Å². The van der Waals surface area contributed by atoms with Gasteiger partial charge < -0.3 is 20.5 Å². The number of nitrogens with two attached hydrogens (primary N) is 1. The number of rotatable bonds is 7. The number of nitrogens with one attached hydrogen (secondary N) is 1. The van der Waals surface area contributed by atoms with E-state index < -0.39 is 0 Å². The van der Waals surface area contributed by atoms with E-state index in [0.717, 1.165) is 51.2 Å². The first kappa shape index (κ1) is 22.0. The molecule has 6 heteroatoms. The van der Waals surface area contributed by atoms with Gasteiger partial charge in [0.2, 0.25) is 0 Å². The van der Waals surface area contributed by atoms with Crippen LogP contribution < -0.4 is 15.8 Å². The van der Waals surface area contributed by atoms with Crippen LogP contribution in [0.2, 0.25) is 0 Å². The average molecular weight is 461 g/mol. The molecule has 1 aliphatic rings. The molecule has 3 N–H and O–H groups in total. The number of halogens is 1. The Morgan fingerprint density at radius 3 is 2.72 bits per heavy atom. The van der Waals surface area contributed by atoms with Gasteiger partial charge in [0.1, 0.15) is 5.75 Å². The van der Waals surface area contributed by atoms with Crippen molar-refractivity contribution in [2.45, 2.75) is 44.9 Å². The maximum atomic E-state index is 6.05. The highest BCUT2D eigenvalue weighted by molar-refractivity contribution is 14.0. The molecule has 142 valence electrons. The number of hydrogen-bond donors (Lipinski definition) is 2. The molecule has 1 fully saturated rings. The van der Waals surface area contributed by atoms with E-state index in [1.807, 2.05) is 0 Å². The van der Waals surface area contributed by atoms with E-state index in [9.17, 15) is 0 Å². The van der Waals surface area contributed by atoms with E-state index in [0.29, 0.717) is 12.5 Å². The zero-order chi connectivity index (χ0) is 17.4. The molecule has 0 bridgehead atoms. The Morgan fingerprint density at radius 1 is 1.36 bits per heavy atom. The first-order chi connectivity index (χ1) is 11.6. The number of guanidine groups is 1. The van der Waals surface area contributed by atoms with Crippen molar-refractivity contribution in [3.63, 3.8) is 0 Å². The lowest BCUT2D eigenvalue weighted by atomic mass is 9.73. The molecule has 0 amide bonds. The minimum absolute atomic E-state index is 0. The number of hydrogen-bond acceptors (Lipinski definition) is 3. The van der Waals surface area contributed by atoms with Crippen LogP contribution in [0.4, 0.5) is 0 Å². The summed E-state index contributed by atoms with van der Waals surface area (Å²) in [6, 6.07) is 6.36. The van der Waals surface area contributed by atoms with Crippen LogP contribution in [-0.2, 0) is 10.2 Å². The van der Waals surface area contributed by atoms with Crippen LogP contribution in [0.15, 0.2) is 23.2 Å². The van der Waals surface area contributed by atoms with Gasteiger partial charge in [0.15, 0.2) is 5.96 Å². The molecule has 1 aromatic rings. The highest BCUT2D eigenvalue weighted by Crippen LogP contribution is 2.40. The average Bonchev–Trinajstić information content (AvgIpc) is 2.61. The second kappa shape index (κ2) is 10.9. The van der Waals surface area contributed by atoms with Gasteiger partial charge in [-0.05, 0) is 32.3 Å². The summed E-state index contributed by atoms with van der Waals surface area (Å²) >= 11 is 0. The van der Waals surface area contributed by atoms with Crippen LogP contribution in [0.1, 0.15) is 43.7 Å². The summed E-state index contributed by atoms with van der Waals surface area (Å²) in [5.74, 6) is 1.45. The fourth-order valence-corrected chi connectivity index (χ4v) is 3.20. The van der Waals surface area contributed by atoms with Gasteiger partial charge in [0.25, 0.3) is 0 Å². The maximum absolute atomic E-state index is 6.05. The van der Waals surface area contributed by atoms with Crippen molar-refractivity contribution in [1.29, 1.82) is 0 Å². The van der Waals surface area contributed by atoms with Crippen LogP contribution >= 0.6 is 24.0 Å². The Bertz CT molecular complexity index is 558. The SMILES string of the molecule is CCCCNC(N)=NCC1(c2cc(C)ccc2OC)CCOCC1.I. The van der Waals surface area contributed by atoms with Gasteiger partial charge in [-0.25, -0.2) is 0 Å². The second-order valence-electron chi connectivity index (χ2n) is 6.58. The Morgan fingerprint density at radius 2 is 2.08 bits per heavy atom. The molecular weight excluding hydrogens is 429 g/mol. The van der Waals surface area contributed by atoms with E-state index in [-0.39, 0.29) is 29.4 Å². The third kappa shape index (κ3) is 6.02. The van der Waals surface area contributed by atoms with Crippen molar-refractivity contribution in [2.75, 3.05) is 33.4 Å². The standard InChI is InChI=1S/C19H31N3O2.HI/c1-4-5-10-21-18(20)22-14-19(8-11-24-12-9-19)16-13-15(2)6-7-17(16)23-3;/h6-7,13H,4-5,8-12,14H2,1-3H3,(H3,20,21,22);1H. The summed E-state index contributed by atoms with van der Waals surface area (Å²) in [7, 11) is 1.73. The van der Waals surface area contributed by atoms with Gasteiger partial charge in [-0.3, -0.25) is 4.99 Å². The molecule has 1 aromatic carbocycles. The van der Waals surface area contributed by atoms with Gasteiger partial charge in [0.05, 0.1) is 13.7 Å². The zero-order valence-corrected chi connectivity index (χ0v) is 18.0. The van der Waals surface area contributed by atoms with Gasteiger partial charge in [0, 0.05) is 30.7 Å². The molecule has 0 unspecified atom stereocenters. The van der Waals surface area contributed by atoms with Crippen molar-refractivity contribution in [3.05, 3.63) is 29.3 Å². The van der Waals surface area contributed by atoms with Crippen molar-refractivity contribution in [3.8, 4) is 5.75 Å². The molecule has 25 heavy (non-hydrogen) atoms. The molecule has 1 saturated heterocycles. The van der Waals surface area contributed by atoms with E-state index in [1.54, 1.807) is 7.11 Å². The second-order valence-corrected chi connectivity index (χ2v) is 6.58. The molecule has 0 saturated carbocycles. The minimum Gasteiger partial charge on any atom is -0.496 e. The normalized spacial score (nSPS) is 16.8. The number of aliphatic imine (C=N–C) groups is 1. The Kier molecular flexibility index (Phi) is 9.56. The Labute approximate surface area is 168 Å². The van der Waals surface area contributed by atoms with Crippen molar-refractivity contribution < 1.29 is 9.47 Å². The highest BCUT2D eigenvalue weighted by Gasteiger charge is 2.37. The van der Waals surface area contributed by atoms with Gasteiger partial charge >= 0.3 is 0 Å². The Balaban J connectivity index is 0.00000312. The molecule has 0 aliphatic carbocycles. The number of aryl methyl sites for hydroxylation is 1. The fraction of sp³-hybridized carbons (Fsp3) is 0.632. The first-order valence-electron chi connectivity index (χ1n) is 8.88.